The van der Waals surface area contributed by atoms with E-state index >= 15 is 0 Å². The van der Waals surface area contributed by atoms with Crippen LogP contribution in [0.1, 0.15) is 37.9 Å². The van der Waals surface area contributed by atoms with Crippen LogP contribution in [0.15, 0.2) is 60.7 Å². The van der Waals surface area contributed by atoms with Gasteiger partial charge in [0.1, 0.15) is 11.6 Å². The average Bonchev–Trinajstić information content (AvgIpc) is 2.57. The number of benzene rings is 2. The van der Waals surface area contributed by atoms with Crippen molar-refractivity contribution in [1.82, 2.24) is 4.90 Å². The van der Waals surface area contributed by atoms with E-state index in [0.717, 1.165) is 13.1 Å². The predicted molar refractivity (Wildman–Crippen MR) is 104 cm³/mol. The summed E-state index contributed by atoms with van der Waals surface area (Å²) in [5, 5.41) is 0. The molecule has 2 N–H and O–H groups in total. The number of ether oxygens (including phenoxy) is 1. The van der Waals surface area contributed by atoms with Crippen molar-refractivity contribution in [2.24, 2.45) is 11.7 Å². The molecule has 0 bridgehead atoms. The van der Waals surface area contributed by atoms with Gasteiger partial charge >= 0.3 is 5.97 Å². The Kier molecular flexibility index (Phi) is 5.44. The Morgan fingerprint density at radius 1 is 1.00 bits per heavy atom. The zero-order valence-corrected chi connectivity index (χ0v) is 15.8. The standard InChI is InChI=1S/C22H28N2O2/c1-22(2,3)26-21(25)19(23)18-14-24(15-18)20(16-10-6-4-7-11-16)17-12-8-5-9-13-17/h4-13,18-20H,14-15,23H2,1-3H3. The van der Waals surface area contributed by atoms with Crippen LogP contribution in [0.3, 0.4) is 0 Å². The summed E-state index contributed by atoms with van der Waals surface area (Å²) in [5.41, 5.74) is 8.17. The van der Waals surface area contributed by atoms with Crippen LogP contribution in [0.5, 0.6) is 0 Å². The zero-order valence-electron chi connectivity index (χ0n) is 15.8. The zero-order chi connectivity index (χ0) is 18.7. The molecule has 0 aromatic heterocycles. The predicted octanol–water partition coefficient (Wildman–Crippen LogP) is 3.38. The van der Waals surface area contributed by atoms with Gasteiger partial charge in [0.2, 0.25) is 0 Å². The Hall–Kier alpha value is -2.17. The summed E-state index contributed by atoms with van der Waals surface area (Å²) in [4.78, 5) is 14.6. The molecule has 4 nitrogen and oxygen atoms in total. The number of esters is 1. The lowest BCUT2D eigenvalue weighted by atomic mass is 9.86. The molecular formula is C22H28N2O2. The Bertz CT molecular complexity index is 679. The Morgan fingerprint density at radius 3 is 1.88 bits per heavy atom. The summed E-state index contributed by atoms with van der Waals surface area (Å²) in [6.45, 7) is 7.17. The van der Waals surface area contributed by atoms with Crippen LogP contribution in [0.4, 0.5) is 0 Å². The highest BCUT2D eigenvalue weighted by Gasteiger charge is 2.40. The molecule has 1 saturated heterocycles. The minimum absolute atomic E-state index is 0.125. The summed E-state index contributed by atoms with van der Waals surface area (Å²) >= 11 is 0. The van der Waals surface area contributed by atoms with Crippen LogP contribution < -0.4 is 5.73 Å². The summed E-state index contributed by atoms with van der Waals surface area (Å²) in [6, 6.07) is 20.5. The highest BCUT2D eigenvalue weighted by Crippen LogP contribution is 2.35. The van der Waals surface area contributed by atoms with E-state index in [1.54, 1.807) is 0 Å². The first-order valence-electron chi connectivity index (χ1n) is 9.17. The van der Waals surface area contributed by atoms with Crippen LogP contribution in [-0.4, -0.2) is 35.6 Å². The van der Waals surface area contributed by atoms with Crippen LogP contribution in [0.2, 0.25) is 0 Å². The van der Waals surface area contributed by atoms with Crippen molar-refractivity contribution in [3.8, 4) is 0 Å². The highest BCUT2D eigenvalue weighted by molar-refractivity contribution is 5.76. The summed E-state index contributed by atoms with van der Waals surface area (Å²) in [5.74, 6) is -0.183. The topological polar surface area (TPSA) is 55.6 Å². The minimum atomic E-state index is -0.572. The molecule has 2 aromatic carbocycles. The van der Waals surface area contributed by atoms with Gasteiger partial charge in [0.15, 0.2) is 0 Å². The number of nitrogens with zero attached hydrogens (tertiary/aromatic N) is 1. The first-order chi connectivity index (χ1) is 12.3. The number of hydrogen-bond donors (Lipinski definition) is 1. The van der Waals surface area contributed by atoms with E-state index in [-0.39, 0.29) is 17.9 Å². The highest BCUT2D eigenvalue weighted by atomic mass is 16.6. The van der Waals surface area contributed by atoms with Gasteiger partial charge in [-0.05, 0) is 31.9 Å². The number of carbonyl (C=O) groups is 1. The molecule has 1 unspecified atom stereocenters. The van der Waals surface area contributed by atoms with Crippen LogP contribution in [-0.2, 0) is 9.53 Å². The molecular weight excluding hydrogens is 324 g/mol. The molecule has 4 heteroatoms. The van der Waals surface area contributed by atoms with Crippen molar-refractivity contribution in [2.45, 2.75) is 38.5 Å². The molecule has 0 saturated carbocycles. The fourth-order valence-corrected chi connectivity index (χ4v) is 3.43. The summed E-state index contributed by atoms with van der Waals surface area (Å²) < 4.78 is 5.44. The SMILES string of the molecule is CC(C)(C)OC(=O)C(N)C1CN(C(c2ccccc2)c2ccccc2)C1. The van der Waals surface area contributed by atoms with Gasteiger partial charge in [-0.2, -0.15) is 0 Å². The molecule has 26 heavy (non-hydrogen) atoms. The first-order valence-corrected chi connectivity index (χ1v) is 9.17. The van der Waals surface area contributed by atoms with Crippen molar-refractivity contribution in [1.29, 1.82) is 0 Å². The maximum atomic E-state index is 12.2. The number of hydrogen-bond acceptors (Lipinski definition) is 4. The van der Waals surface area contributed by atoms with Crippen LogP contribution in [0.25, 0.3) is 0 Å². The number of rotatable bonds is 5. The van der Waals surface area contributed by atoms with Gasteiger partial charge in [-0.1, -0.05) is 60.7 Å². The molecule has 0 amide bonds. The molecule has 2 aromatic rings. The van der Waals surface area contributed by atoms with E-state index in [4.69, 9.17) is 10.5 Å². The second-order valence-electron chi connectivity index (χ2n) is 8.00. The molecule has 138 valence electrons. The smallest absolute Gasteiger partial charge is 0.323 e. The summed E-state index contributed by atoms with van der Waals surface area (Å²) in [7, 11) is 0. The quantitative estimate of drug-likeness (QED) is 0.838. The van der Waals surface area contributed by atoms with Crippen molar-refractivity contribution >= 4 is 5.97 Å². The van der Waals surface area contributed by atoms with Crippen molar-refractivity contribution in [3.05, 3.63) is 71.8 Å². The number of carbonyl (C=O) groups excluding carboxylic acids is 1. The van der Waals surface area contributed by atoms with Gasteiger partial charge in [-0.25, -0.2) is 0 Å². The minimum Gasteiger partial charge on any atom is -0.459 e. The monoisotopic (exact) mass is 352 g/mol. The molecule has 3 rings (SSSR count). The molecule has 1 fully saturated rings. The molecule has 0 radical (unpaired) electrons. The van der Waals surface area contributed by atoms with Gasteiger partial charge in [-0.3, -0.25) is 9.69 Å². The lowest BCUT2D eigenvalue weighted by Gasteiger charge is -2.46. The van der Waals surface area contributed by atoms with Crippen LogP contribution >= 0.6 is 0 Å². The second-order valence-corrected chi connectivity index (χ2v) is 8.00. The molecule has 0 spiro atoms. The lowest BCUT2D eigenvalue weighted by Crippen LogP contribution is -2.58. The Balaban J connectivity index is 1.71. The number of nitrogens with two attached hydrogens (primary N) is 1. The summed E-state index contributed by atoms with van der Waals surface area (Å²) in [6.07, 6.45) is 0. The van der Waals surface area contributed by atoms with Gasteiger partial charge in [-0.15, -0.1) is 0 Å². The molecule has 0 aliphatic carbocycles. The Morgan fingerprint density at radius 2 is 1.46 bits per heavy atom. The van der Waals surface area contributed by atoms with Gasteiger partial charge < -0.3 is 10.5 Å². The third kappa shape index (κ3) is 4.32. The van der Waals surface area contributed by atoms with Crippen molar-refractivity contribution in [3.63, 3.8) is 0 Å². The van der Waals surface area contributed by atoms with Gasteiger partial charge in [0.05, 0.1) is 6.04 Å². The number of likely N-dealkylation sites (tertiary alicyclic amines) is 1. The first kappa shape index (κ1) is 18.6. The van der Waals surface area contributed by atoms with E-state index < -0.39 is 11.6 Å². The molecule has 1 aliphatic heterocycles. The Labute approximate surface area is 156 Å². The molecule has 1 atom stereocenters. The van der Waals surface area contributed by atoms with E-state index in [2.05, 4.69) is 53.4 Å². The van der Waals surface area contributed by atoms with E-state index in [1.807, 2.05) is 32.9 Å². The van der Waals surface area contributed by atoms with Crippen molar-refractivity contribution < 1.29 is 9.53 Å². The fourth-order valence-electron chi connectivity index (χ4n) is 3.43. The van der Waals surface area contributed by atoms with E-state index in [9.17, 15) is 4.79 Å². The van der Waals surface area contributed by atoms with Gasteiger partial charge in [0.25, 0.3) is 0 Å². The normalized spacial score (nSPS) is 17.0. The van der Waals surface area contributed by atoms with Gasteiger partial charge in [0, 0.05) is 19.0 Å². The van der Waals surface area contributed by atoms with E-state index in [0.29, 0.717) is 0 Å². The maximum absolute atomic E-state index is 12.2. The molecule has 1 heterocycles. The maximum Gasteiger partial charge on any atom is 0.323 e. The molecule has 1 aliphatic rings. The lowest BCUT2D eigenvalue weighted by molar-refractivity contribution is -0.159. The van der Waals surface area contributed by atoms with Crippen LogP contribution in [0, 0.1) is 5.92 Å². The van der Waals surface area contributed by atoms with E-state index in [1.165, 1.54) is 11.1 Å². The average molecular weight is 352 g/mol. The fraction of sp³-hybridized carbons (Fsp3) is 0.409. The second kappa shape index (κ2) is 7.60. The largest absolute Gasteiger partial charge is 0.459 e. The van der Waals surface area contributed by atoms with Crippen molar-refractivity contribution in [2.75, 3.05) is 13.1 Å². The third-order valence-corrected chi connectivity index (χ3v) is 4.72. The third-order valence-electron chi connectivity index (χ3n) is 4.72.